The summed E-state index contributed by atoms with van der Waals surface area (Å²) in [6.07, 6.45) is -1.03. The maximum atomic E-state index is 11.7. The quantitative estimate of drug-likeness (QED) is 0.765. The summed E-state index contributed by atoms with van der Waals surface area (Å²) in [5, 5.41) is 3.98. The van der Waals surface area contributed by atoms with Crippen molar-refractivity contribution in [2.75, 3.05) is 0 Å². The van der Waals surface area contributed by atoms with E-state index in [0.717, 1.165) is 11.4 Å². The smallest absolute Gasteiger partial charge is 0.379 e. The molecule has 19 heavy (non-hydrogen) atoms. The summed E-state index contributed by atoms with van der Waals surface area (Å²) in [4.78, 5) is 30.7. The minimum absolute atomic E-state index is 0.158. The van der Waals surface area contributed by atoms with Gasteiger partial charge in [0.25, 0.3) is 17.5 Å². The predicted molar refractivity (Wildman–Crippen MR) is 64.3 cm³/mol. The average Bonchev–Trinajstić information content (AvgIpc) is 2.72. The van der Waals surface area contributed by atoms with Crippen LogP contribution in [0.3, 0.4) is 0 Å². The average molecular weight is 263 g/mol. The first-order chi connectivity index (χ1) is 8.88. The second-order valence-electron chi connectivity index (χ2n) is 4.14. The fourth-order valence-electron chi connectivity index (χ4n) is 1.52. The molecule has 0 saturated heterocycles. The lowest BCUT2D eigenvalue weighted by Crippen LogP contribution is -2.30. The van der Waals surface area contributed by atoms with Crippen LogP contribution in [0.2, 0.25) is 0 Å². The van der Waals surface area contributed by atoms with E-state index in [1.54, 1.807) is 0 Å². The molecule has 0 saturated carbocycles. The number of amides is 1. The highest BCUT2D eigenvalue weighted by Gasteiger charge is 2.21. The van der Waals surface area contributed by atoms with Crippen LogP contribution in [0.5, 0.6) is 0 Å². The molecule has 0 aliphatic heterocycles. The van der Waals surface area contributed by atoms with Gasteiger partial charge in [0, 0.05) is 11.4 Å². The van der Waals surface area contributed by atoms with Gasteiger partial charge in [-0.15, -0.1) is 5.10 Å². The highest BCUT2D eigenvalue weighted by Crippen LogP contribution is 2.06. The minimum Gasteiger partial charge on any atom is -0.447 e. The molecule has 0 fully saturated rings. The molecular formula is C11H13N5O3. The van der Waals surface area contributed by atoms with Crippen LogP contribution in [0.25, 0.3) is 5.78 Å². The second-order valence-corrected chi connectivity index (χ2v) is 4.14. The molecular weight excluding hydrogens is 250 g/mol. The number of carbonyl (C=O) groups is 2. The summed E-state index contributed by atoms with van der Waals surface area (Å²) >= 11 is 0. The summed E-state index contributed by atoms with van der Waals surface area (Å²) in [6, 6.07) is 1.81. The van der Waals surface area contributed by atoms with E-state index < -0.39 is 18.0 Å². The zero-order valence-electron chi connectivity index (χ0n) is 10.7. The van der Waals surface area contributed by atoms with Crippen molar-refractivity contribution in [3.05, 3.63) is 23.3 Å². The standard InChI is InChI=1S/C11H13N5O3/c1-5-4-6(2)16-11(13-5)14-9(15-16)10(18)19-7(3)8(12)17/h4,7H,1-3H3,(H2,12,17)/t7-/m0/s1. The second kappa shape index (κ2) is 4.63. The van der Waals surface area contributed by atoms with Crippen LogP contribution in [0.1, 0.15) is 28.9 Å². The molecule has 0 unspecified atom stereocenters. The van der Waals surface area contributed by atoms with E-state index in [1.807, 2.05) is 19.9 Å². The largest absolute Gasteiger partial charge is 0.447 e. The number of primary amides is 1. The molecule has 100 valence electrons. The van der Waals surface area contributed by atoms with Gasteiger partial charge in [-0.05, 0) is 26.8 Å². The first-order valence-electron chi connectivity index (χ1n) is 5.60. The SMILES string of the molecule is Cc1cc(C)n2nc(C(=O)O[C@@H](C)C(N)=O)nc2n1. The van der Waals surface area contributed by atoms with Gasteiger partial charge in [-0.1, -0.05) is 0 Å². The Morgan fingerprint density at radius 2 is 2.05 bits per heavy atom. The first kappa shape index (κ1) is 12.9. The topological polar surface area (TPSA) is 112 Å². The van der Waals surface area contributed by atoms with E-state index in [9.17, 15) is 9.59 Å². The van der Waals surface area contributed by atoms with Gasteiger partial charge in [-0.3, -0.25) is 4.79 Å². The first-order valence-corrected chi connectivity index (χ1v) is 5.60. The van der Waals surface area contributed by atoms with E-state index in [2.05, 4.69) is 15.1 Å². The van der Waals surface area contributed by atoms with Gasteiger partial charge >= 0.3 is 5.97 Å². The van der Waals surface area contributed by atoms with Crippen molar-refractivity contribution in [2.45, 2.75) is 26.9 Å². The molecule has 8 nitrogen and oxygen atoms in total. The fraction of sp³-hybridized carbons (Fsp3) is 0.364. The summed E-state index contributed by atoms with van der Waals surface area (Å²) in [7, 11) is 0. The van der Waals surface area contributed by atoms with Gasteiger partial charge < -0.3 is 10.5 Å². The number of nitrogens with zero attached hydrogens (tertiary/aromatic N) is 4. The van der Waals surface area contributed by atoms with E-state index in [-0.39, 0.29) is 5.82 Å². The van der Waals surface area contributed by atoms with Crippen molar-refractivity contribution in [3.8, 4) is 0 Å². The molecule has 2 aromatic rings. The molecule has 2 heterocycles. The van der Waals surface area contributed by atoms with Gasteiger partial charge in [0.05, 0.1) is 0 Å². The molecule has 0 aliphatic carbocycles. The van der Waals surface area contributed by atoms with Crippen LogP contribution in [-0.2, 0) is 9.53 Å². The minimum atomic E-state index is -1.03. The number of ether oxygens (including phenoxy) is 1. The van der Waals surface area contributed by atoms with Crippen molar-refractivity contribution in [2.24, 2.45) is 5.73 Å². The molecule has 0 bridgehead atoms. The third-order valence-electron chi connectivity index (χ3n) is 2.49. The lowest BCUT2D eigenvalue weighted by Gasteiger charge is -2.06. The Morgan fingerprint density at radius 1 is 1.37 bits per heavy atom. The Morgan fingerprint density at radius 3 is 2.68 bits per heavy atom. The van der Waals surface area contributed by atoms with Crippen molar-refractivity contribution in [3.63, 3.8) is 0 Å². The van der Waals surface area contributed by atoms with Crippen LogP contribution in [0.15, 0.2) is 6.07 Å². The number of carbonyl (C=O) groups excluding carboxylic acids is 2. The Kier molecular flexibility index (Phi) is 3.16. The number of rotatable bonds is 3. The number of nitrogens with two attached hydrogens (primary N) is 1. The van der Waals surface area contributed by atoms with Crippen LogP contribution < -0.4 is 5.73 Å². The highest BCUT2D eigenvalue weighted by molar-refractivity contribution is 5.89. The Hall–Kier alpha value is -2.51. The van der Waals surface area contributed by atoms with Crippen molar-refractivity contribution in [1.29, 1.82) is 0 Å². The van der Waals surface area contributed by atoms with Gasteiger partial charge in [0.15, 0.2) is 6.10 Å². The molecule has 1 atom stereocenters. The number of aryl methyl sites for hydroxylation is 2. The van der Waals surface area contributed by atoms with Crippen LogP contribution in [-0.4, -0.2) is 37.6 Å². The summed E-state index contributed by atoms with van der Waals surface area (Å²) in [5.41, 5.74) is 6.56. The molecule has 0 aromatic carbocycles. The van der Waals surface area contributed by atoms with Crippen LogP contribution >= 0.6 is 0 Å². The highest BCUT2D eigenvalue weighted by atomic mass is 16.5. The Balaban J connectivity index is 2.33. The van der Waals surface area contributed by atoms with Crippen molar-refractivity contribution in [1.82, 2.24) is 19.6 Å². The van der Waals surface area contributed by atoms with Crippen LogP contribution in [0, 0.1) is 13.8 Å². The summed E-state index contributed by atoms with van der Waals surface area (Å²) < 4.78 is 6.25. The van der Waals surface area contributed by atoms with E-state index >= 15 is 0 Å². The maximum absolute atomic E-state index is 11.7. The third-order valence-corrected chi connectivity index (χ3v) is 2.49. The molecule has 0 radical (unpaired) electrons. The van der Waals surface area contributed by atoms with E-state index in [1.165, 1.54) is 11.4 Å². The number of fused-ring (bicyclic) bond motifs is 1. The number of hydrogen-bond acceptors (Lipinski definition) is 6. The number of esters is 1. The predicted octanol–water partition coefficient (Wildman–Crippen LogP) is -0.228. The van der Waals surface area contributed by atoms with Crippen LogP contribution in [0.4, 0.5) is 0 Å². The van der Waals surface area contributed by atoms with Crippen molar-refractivity contribution < 1.29 is 14.3 Å². The molecule has 2 N–H and O–H groups in total. The van der Waals surface area contributed by atoms with E-state index in [4.69, 9.17) is 10.5 Å². The lowest BCUT2D eigenvalue weighted by molar-refractivity contribution is -0.125. The summed E-state index contributed by atoms with van der Waals surface area (Å²) in [5.74, 6) is -1.40. The number of hydrogen-bond donors (Lipinski definition) is 1. The van der Waals surface area contributed by atoms with Gasteiger partial charge in [-0.2, -0.15) is 4.98 Å². The maximum Gasteiger partial charge on any atom is 0.379 e. The molecule has 2 aromatic heterocycles. The molecule has 8 heteroatoms. The Bertz CT molecular complexity index is 664. The molecule has 2 rings (SSSR count). The summed E-state index contributed by atoms with van der Waals surface area (Å²) in [6.45, 7) is 5.01. The zero-order chi connectivity index (χ0) is 14.2. The molecule has 1 amide bonds. The van der Waals surface area contributed by atoms with Gasteiger partial charge in [-0.25, -0.2) is 14.3 Å². The van der Waals surface area contributed by atoms with Gasteiger partial charge in [0.2, 0.25) is 0 Å². The zero-order valence-corrected chi connectivity index (χ0v) is 10.7. The van der Waals surface area contributed by atoms with Gasteiger partial charge in [0.1, 0.15) is 0 Å². The molecule has 0 spiro atoms. The monoisotopic (exact) mass is 263 g/mol. The lowest BCUT2D eigenvalue weighted by atomic mass is 10.4. The fourth-order valence-corrected chi connectivity index (χ4v) is 1.52. The molecule has 0 aliphatic rings. The van der Waals surface area contributed by atoms with E-state index in [0.29, 0.717) is 5.78 Å². The normalized spacial score (nSPS) is 12.4. The van der Waals surface area contributed by atoms with Crippen molar-refractivity contribution >= 4 is 17.7 Å². The third kappa shape index (κ3) is 2.51. The number of aromatic nitrogens is 4. The Labute approximate surface area is 108 Å².